The third-order valence-corrected chi connectivity index (χ3v) is 3.52. The van der Waals surface area contributed by atoms with Crippen LogP contribution in [-0.2, 0) is 20.7 Å². The van der Waals surface area contributed by atoms with Crippen LogP contribution in [0.4, 0.5) is 0 Å². The maximum atomic E-state index is 12.0. The lowest BCUT2D eigenvalue weighted by atomic mass is 10.0. The van der Waals surface area contributed by atoms with Gasteiger partial charge in [-0.1, -0.05) is 24.8 Å². The Morgan fingerprint density at radius 1 is 1.15 bits per heavy atom. The van der Waals surface area contributed by atoms with E-state index in [1.165, 1.54) is 6.08 Å². The van der Waals surface area contributed by atoms with E-state index in [9.17, 15) is 14.4 Å². The number of hydrogen-bond acceptors (Lipinski definition) is 5. The molecule has 1 aromatic carbocycles. The molecule has 0 amide bonds. The topological polar surface area (TPSA) is 85.5 Å². The van der Waals surface area contributed by atoms with Crippen LogP contribution in [0, 0.1) is 0 Å². The van der Waals surface area contributed by atoms with Gasteiger partial charge in [0.05, 0.1) is 12.0 Å². The second-order valence-corrected chi connectivity index (χ2v) is 6.97. The predicted octanol–water partition coefficient (Wildman–Crippen LogP) is 3.27. The number of hydrogen-bond donors (Lipinski definition) is 1. The fourth-order valence-corrected chi connectivity index (χ4v) is 2.38. The molecule has 1 aromatic heterocycles. The molecular weight excluding hydrogens is 346 g/mol. The van der Waals surface area contributed by atoms with Crippen molar-refractivity contribution in [1.29, 1.82) is 0 Å². The molecule has 0 unspecified atom stereocenters. The normalized spacial score (nSPS) is 10.9. The summed E-state index contributed by atoms with van der Waals surface area (Å²) in [4.78, 5) is 38.5. The van der Waals surface area contributed by atoms with Gasteiger partial charge >= 0.3 is 11.9 Å². The van der Waals surface area contributed by atoms with Gasteiger partial charge in [0.15, 0.2) is 0 Å². The quantitative estimate of drug-likeness (QED) is 0.624. The van der Waals surface area contributed by atoms with Gasteiger partial charge in [0, 0.05) is 11.8 Å². The highest BCUT2D eigenvalue weighted by atomic mass is 16.6. The molecule has 0 bridgehead atoms. The fourth-order valence-electron chi connectivity index (χ4n) is 2.38. The molecule has 1 heterocycles. The Morgan fingerprint density at radius 3 is 2.41 bits per heavy atom. The number of aromatic nitrogens is 1. The van der Waals surface area contributed by atoms with E-state index >= 15 is 0 Å². The molecule has 2 rings (SSSR count). The Hall–Kier alpha value is -3.15. The standard InChI is InChI=1S/C21H23NO5/c1-5-10-26-20(25)15-8-6-14(7-9-15)17-11-16(19(24)22-13-17)12-18(23)27-21(2,3)4/h5-9,11,13H,1,10,12H2,2-4H3,(H,22,24). The second kappa shape index (κ2) is 8.49. The van der Waals surface area contributed by atoms with Crippen LogP contribution in [0.3, 0.4) is 0 Å². The van der Waals surface area contributed by atoms with Crippen molar-refractivity contribution >= 4 is 11.9 Å². The van der Waals surface area contributed by atoms with Crippen molar-refractivity contribution in [2.45, 2.75) is 32.8 Å². The number of ether oxygens (including phenoxy) is 2. The van der Waals surface area contributed by atoms with Gasteiger partial charge < -0.3 is 14.5 Å². The smallest absolute Gasteiger partial charge is 0.338 e. The van der Waals surface area contributed by atoms with E-state index in [2.05, 4.69) is 11.6 Å². The summed E-state index contributed by atoms with van der Waals surface area (Å²) >= 11 is 0. The predicted molar refractivity (Wildman–Crippen MR) is 103 cm³/mol. The molecule has 0 aliphatic heterocycles. The van der Waals surface area contributed by atoms with Crippen LogP contribution in [0.25, 0.3) is 11.1 Å². The fraction of sp³-hybridized carbons (Fsp3) is 0.286. The van der Waals surface area contributed by atoms with Gasteiger partial charge in [0.2, 0.25) is 0 Å². The van der Waals surface area contributed by atoms with Crippen LogP contribution in [0.5, 0.6) is 0 Å². The van der Waals surface area contributed by atoms with Gasteiger partial charge in [0.1, 0.15) is 12.2 Å². The number of aromatic amines is 1. The van der Waals surface area contributed by atoms with E-state index in [1.807, 2.05) is 0 Å². The highest BCUT2D eigenvalue weighted by molar-refractivity contribution is 5.90. The number of nitrogens with one attached hydrogen (secondary N) is 1. The molecule has 0 aliphatic rings. The molecule has 0 fully saturated rings. The molecule has 0 spiro atoms. The lowest BCUT2D eigenvalue weighted by Crippen LogP contribution is -2.26. The Bertz CT molecular complexity index is 888. The SMILES string of the molecule is C=CCOC(=O)c1ccc(-c2c[nH]c(=O)c(CC(=O)OC(C)(C)C)c2)cc1. The molecule has 142 valence electrons. The van der Waals surface area contributed by atoms with Crippen molar-refractivity contribution in [3.05, 3.63) is 70.7 Å². The van der Waals surface area contributed by atoms with Crippen molar-refractivity contribution in [3.63, 3.8) is 0 Å². The largest absolute Gasteiger partial charge is 0.460 e. The van der Waals surface area contributed by atoms with Crippen LogP contribution >= 0.6 is 0 Å². The van der Waals surface area contributed by atoms with Gasteiger partial charge in [-0.15, -0.1) is 0 Å². The molecule has 27 heavy (non-hydrogen) atoms. The summed E-state index contributed by atoms with van der Waals surface area (Å²) in [6.07, 6.45) is 2.94. The lowest BCUT2D eigenvalue weighted by molar-refractivity contribution is -0.153. The summed E-state index contributed by atoms with van der Waals surface area (Å²) in [6.45, 7) is 8.96. The molecule has 0 saturated heterocycles. The summed E-state index contributed by atoms with van der Waals surface area (Å²) in [5.41, 5.74) is 1.29. The molecular formula is C21H23NO5. The highest BCUT2D eigenvalue weighted by Crippen LogP contribution is 2.20. The first kappa shape index (κ1) is 20.2. The van der Waals surface area contributed by atoms with Gasteiger partial charge in [-0.3, -0.25) is 9.59 Å². The third kappa shape index (κ3) is 5.95. The molecule has 0 radical (unpaired) electrons. The van der Waals surface area contributed by atoms with Crippen LogP contribution in [0.1, 0.15) is 36.7 Å². The van der Waals surface area contributed by atoms with Crippen molar-refractivity contribution in [3.8, 4) is 11.1 Å². The molecule has 2 aromatic rings. The van der Waals surface area contributed by atoms with E-state index < -0.39 is 17.5 Å². The van der Waals surface area contributed by atoms with Crippen LogP contribution < -0.4 is 5.56 Å². The molecule has 0 atom stereocenters. The van der Waals surface area contributed by atoms with Crippen molar-refractivity contribution < 1.29 is 19.1 Å². The zero-order valence-corrected chi connectivity index (χ0v) is 15.7. The van der Waals surface area contributed by atoms with Crippen molar-refractivity contribution in [2.75, 3.05) is 6.61 Å². The highest BCUT2D eigenvalue weighted by Gasteiger charge is 2.18. The van der Waals surface area contributed by atoms with E-state index in [4.69, 9.17) is 9.47 Å². The molecule has 6 heteroatoms. The number of rotatable bonds is 6. The maximum Gasteiger partial charge on any atom is 0.338 e. The first-order valence-corrected chi connectivity index (χ1v) is 8.51. The molecule has 0 aliphatic carbocycles. The third-order valence-electron chi connectivity index (χ3n) is 3.52. The van der Waals surface area contributed by atoms with Crippen molar-refractivity contribution in [1.82, 2.24) is 4.98 Å². The van der Waals surface area contributed by atoms with Gasteiger partial charge in [-0.2, -0.15) is 0 Å². The van der Waals surface area contributed by atoms with Crippen LogP contribution in [0.2, 0.25) is 0 Å². The number of pyridine rings is 1. The summed E-state index contributed by atoms with van der Waals surface area (Å²) in [7, 11) is 0. The van der Waals surface area contributed by atoms with Crippen LogP contribution in [0.15, 0.2) is 54.0 Å². The first-order valence-electron chi connectivity index (χ1n) is 8.51. The minimum Gasteiger partial charge on any atom is -0.460 e. The average Bonchev–Trinajstić information content (AvgIpc) is 2.60. The zero-order valence-electron chi connectivity index (χ0n) is 15.7. The van der Waals surface area contributed by atoms with E-state index in [1.54, 1.807) is 57.3 Å². The minimum atomic E-state index is -0.614. The van der Waals surface area contributed by atoms with Gasteiger partial charge in [0.25, 0.3) is 5.56 Å². The summed E-state index contributed by atoms with van der Waals surface area (Å²) < 4.78 is 10.3. The Labute approximate surface area is 157 Å². The number of H-pyrrole nitrogens is 1. The second-order valence-electron chi connectivity index (χ2n) is 6.97. The monoisotopic (exact) mass is 369 g/mol. The zero-order chi connectivity index (χ0) is 20.0. The van der Waals surface area contributed by atoms with E-state index in [0.717, 1.165) is 11.1 Å². The number of carbonyl (C=O) groups excluding carboxylic acids is 2. The first-order chi connectivity index (χ1) is 12.7. The number of carbonyl (C=O) groups is 2. The Kier molecular flexibility index (Phi) is 6.34. The van der Waals surface area contributed by atoms with E-state index in [-0.39, 0.29) is 18.6 Å². The summed E-state index contributed by atoms with van der Waals surface area (Å²) in [5.74, 6) is -0.904. The Balaban J connectivity index is 2.19. The van der Waals surface area contributed by atoms with Crippen molar-refractivity contribution in [2.24, 2.45) is 0 Å². The van der Waals surface area contributed by atoms with Gasteiger partial charge in [-0.25, -0.2) is 4.79 Å². The minimum absolute atomic E-state index is 0.119. The molecule has 6 nitrogen and oxygen atoms in total. The summed E-state index contributed by atoms with van der Waals surface area (Å²) in [6, 6.07) is 8.41. The van der Waals surface area contributed by atoms with Crippen LogP contribution in [-0.4, -0.2) is 29.1 Å². The summed E-state index contributed by atoms with van der Waals surface area (Å²) in [5, 5.41) is 0. The average molecular weight is 369 g/mol. The Morgan fingerprint density at radius 2 is 1.81 bits per heavy atom. The maximum absolute atomic E-state index is 12.0. The lowest BCUT2D eigenvalue weighted by Gasteiger charge is -2.19. The number of benzene rings is 1. The van der Waals surface area contributed by atoms with Gasteiger partial charge in [-0.05, 0) is 50.1 Å². The molecule has 0 saturated carbocycles. The molecule has 1 N–H and O–H groups in total. The number of esters is 2. The van der Waals surface area contributed by atoms with E-state index in [0.29, 0.717) is 11.1 Å².